The molecule has 0 unspecified atom stereocenters. The Bertz CT molecular complexity index is 413. The van der Waals surface area contributed by atoms with Crippen LogP contribution in [0.2, 0.25) is 0 Å². The van der Waals surface area contributed by atoms with Gasteiger partial charge in [-0.05, 0) is 39.0 Å². The SMILES string of the molecule is CNc1ccc(F)c(NC(=O)OC(C)(C)C)c1. The van der Waals surface area contributed by atoms with Crippen LogP contribution in [0.25, 0.3) is 0 Å². The van der Waals surface area contributed by atoms with Crippen LogP contribution in [0.3, 0.4) is 0 Å². The molecule has 0 aliphatic carbocycles. The number of benzene rings is 1. The first kappa shape index (κ1) is 13.3. The Balaban J connectivity index is 2.77. The summed E-state index contributed by atoms with van der Waals surface area (Å²) in [5, 5.41) is 5.22. The van der Waals surface area contributed by atoms with Crippen LogP contribution >= 0.6 is 0 Å². The molecule has 0 aliphatic heterocycles. The number of nitrogens with one attached hydrogen (secondary N) is 2. The minimum Gasteiger partial charge on any atom is -0.444 e. The standard InChI is InChI=1S/C12H17FN2O2/c1-12(2,3)17-11(16)15-10-7-8(14-4)5-6-9(10)13/h5-7,14H,1-4H3,(H,15,16). The van der Waals surface area contributed by atoms with Crippen molar-refractivity contribution in [2.24, 2.45) is 0 Å². The second-order valence-corrected chi connectivity index (χ2v) is 4.57. The molecule has 0 saturated carbocycles. The molecule has 0 bridgehead atoms. The molecule has 4 nitrogen and oxygen atoms in total. The van der Waals surface area contributed by atoms with Crippen LogP contribution in [0, 0.1) is 5.82 Å². The number of anilines is 2. The average Bonchev–Trinajstić information content (AvgIpc) is 2.18. The Hall–Kier alpha value is -1.78. The zero-order valence-electron chi connectivity index (χ0n) is 10.4. The van der Waals surface area contributed by atoms with Gasteiger partial charge in [-0.25, -0.2) is 9.18 Å². The Labute approximate surface area is 100 Å². The van der Waals surface area contributed by atoms with E-state index in [0.717, 1.165) is 0 Å². The van der Waals surface area contributed by atoms with Gasteiger partial charge < -0.3 is 10.1 Å². The maximum absolute atomic E-state index is 13.4. The lowest BCUT2D eigenvalue weighted by Gasteiger charge is -2.20. The van der Waals surface area contributed by atoms with Crippen LogP contribution in [0.4, 0.5) is 20.6 Å². The van der Waals surface area contributed by atoms with Gasteiger partial charge in [0.05, 0.1) is 5.69 Å². The fraction of sp³-hybridized carbons (Fsp3) is 0.417. The Morgan fingerprint density at radius 2 is 2.00 bits per heavy atom. The van der Waals surface area contributed by atoms with E-state index < -0.39 is 17.5 Å². The largest absolute Gasteiger partial charge is 0.444 e. The van der Waals surface area contributed by atoms with Gasteiger partial charge in [-0.15, -0.1) is 0 Å². The first-order valence-corrected chi connectivity index (χ1v) is 5.29. The number of rotatable bonds is 2. The normalized spacial score (nSPS) is 10.9. The van der Waals surface area contributed by atoms with Crippen molar-refractivity contribution in [3.8, 4) is 0 Å². The summed E-state index contributed by atoms with van der Waals surface area (Å²) in [7, 11) is 1.71. The van der Waals surface area contributed by atoms with E-state index in [4.69, 9.17) is 4.74 Å². The highest BCUT2D eigenvalue weighted by Crippen LogP contribution is 2.20. The van der Waals surface area contributed by atoms with Crippen LogP contribution < -0.4 is 10.6 Å². The predicted molar refractivity (Wildman–Crippen MR) is 65.8 cm³/mol. The van der Waals surface area contributed by atoms with Crippen LogP contribution in [0.15, 0.2) is 18.2 Å². The maximum Gasteiger partial charge on any atom is 0.412 e. The molecule has 1 aromatic rings. The zero-order chi connectivity index (χ0) is 13.1. The van der Waals surface area contributed by atoms with Crippen molar-refractivity contribution in [2.45, 2.75) is 26.4 Å². The van der Waals surface area contributed by atoms with E-state index in [1.807, 2.05) is 0 Å². The van der Waals surface area contributed by atoms with Crippen LogP contribution in [0.5, 0.6) is 0 Å². The first-order valence-electron chi connectivity index (χ1n) is 5.29. The Morgan fingerprint density at radius 3 is 2.53 bits per heavy atom. The van der Waals surface area contributed by atoms with E-state index in [9.17, 15) is 9.18 Å². The third-order valence-electron chi connectivity index (χ3n) is 1.89. The fourth-order valence-corrected chi connectivity index (χ4v) is 1.19. The van der Waals surface area contributed by atoms with Gasteiger partial charge in [0.25, 0.3) is 0 Å². The summed E-state index contributed by atoms with van der Waals surface area (Å²) in [5.74, 6) is -0.505. The van der Waals surface area contributed by atoms with Gasteiger partial charge in [-0.1, -0.05) is 0 Å². The summed E-state index contributed by atoms with van der Waals surface area (Å²) in [6.45, 7) is 5.23. The second-order valence-electron chi connectivity index (χ2n) is 4.57. The van der Waals surface area contributed by atoms with E-state index >= 15 is 0 Å². The van der Waals surface area contributed by atoms with E-state index in [2.05, 4.69) is 10.6 Å². The van der Waals surface area contributed by atoms with Crippen molar-refractivity contribution in [2.75, 3.05) is 17.7 Å². The summed E-state index contributed by atoms with van der Waals surface area (Å²) in [6, 6.07) is 4.35. The molecule has 0 aliphatic rings. The van der Waals surface area contributed by atoms with Crippen molar-refractivity contribution in [1.82, 2.24) is 0 Å². The van der Waals surface area contributed by atoms with Gasteiger partial charge in [0.1, 0.15) is 11.4 Å². The summed E-state index contributed by atoms with van der Waals surface area (Å²) < 4.78 is 18.4. The molecule has 0 radical (unpaired) electrons. The van der Waals surface area contributed by atoms with E-state index in [1.165, 1.54) is 12.1 Å². The maximum atomic E-state index is 13.4. The quantitative estimate of drug-likeness (QED) is 0.834. The summed E-state index contributed by atoms with van der Waals surface area (Å²) in [4.78, 5) is 11.5. The van der Waals surface area contributed by atoms with Gasteiger partial charge in [-0.2, -0.15) is 0 Å². The minimum absolute atomic E-state index is 0.0890. The summed E-state index contributed by atoms with van der Waals surface area (Å²) >= 11 is 0. The van der Waals surface area contributed by atoms with E-state index in [0.29, 0.717) is 5.69 Å². The molecule has 5 heteroatoms. The van der Waals surface area contributed by atoms with E-state index in [1.54, 1.807) is 33.9 Å². The third-order valence-corrected chi connectivity index (χ3v) is 1.89. The lowest BCUT2D eigenvalue weighted by Crippen LogP contribution is -2.27. The molecule has 94 valence electrons. The molecule has 0 heterocycles. The van der Waals surface area contributed by atoms with Crippen molar-refractivity contribution in [3.05, 3.63) is 24.0 Å². The van der Waals surface area contributed by atoms with Crippen molar-refractivity contribution in [1.29, 1.82) is 0 Å². The monoisotopic (exact) mass is 240 g/mol. The Morgan fingerprint density at radius 1 is 1.35 bits per heavy atom. The number of carbonyl (C=O) groups is 1. The molecule has 0 aromatic heterocycles. The highest BCUT2D eigenvalue weighted by molar-refractivity contribution is 5.85. The van der Waals surface area contributed by atoms with Gasteiger partial charge in [0.15, 0.2) is 0 Å². The molecular formula is C12H17FN2O2. The number of ether oxygens (including phenoxy) is 1. The summed E-state index contributed by atoms with van der Waals surface area (Å²) in [6.07, 6.45) is -0.676. The second kappa shape index (κ2) is 5.03. The smallest absolute Gasteiger partial charge is 0.412 e. The van der Waals surface area contributed by atoms with E-state index in [-0.39, 0.29) is 5.69 Å². The molecule has 1 amide bonds. The lowest BCUT2D eigenvalue weighted by atomic mass is 10.2. The number of hydrogen-bond donors (Lipinski definition) is 2. The Kier molecular flexibility index (Phi) is 3.93. The average molecular weight is 240 g/mol. The molecule has 1 aromatic carbocycles. The minimum atomic E-state index is -0.676. The predicted octanol–water partition coefficient (Wildman–Crippen LogP) is 3.21. The third kappa shape index (κ3) is 4.30. The van der Waals surface area contributed by atoms with Crippen molar-refractivity contribution in [3.63, 3.8) is 0 Å². The van der Waals surface area contributed by atoms with Crippen LogP contribution in [-0.4, -0.2) is 18.7 Å². The highest BCUT2D eigenvalue weighted by atomic mass is 19.1. The molecular weight excluding hydrogens is 223 g/mol. The molecule has 0 atom stereocenters. The number of halogens is 1. The highest BCUT2D eigenvalue weighted by Gasteiger charge is 2.17. The van der Waals surface area contributed by atoms with Gasteiger partial charge in [0.2, 0.25) is 0 Å². The fourth-order valence-electron chi connectivity index (χ4n) is 1.19. The molecule has 1 rings (SSSR count). The molecule has 17 heavy (non-hydrogen) atoms. The lowest BCUT2D eigenvalue weighted by molar-refractivity contribution is 0.0635. The van der Waals surface area contributed by atoms with Gasteiger partial charge in [0, 0.05) is 12.7 Å². The first-order chi connectivity index (χ1) is 7.81. The van der Waals surface area contributed by atoms with Crippen molar-refractivity contribution < 1.29 is 13.9 Å². The summed E-state index contributed by atoms with van der Waals surface area (Å²) in [5.41, 5.74) is 0.185. The topological polar surface area (TPSA) is 50.4 Å². The van der Waals surface area contributed by atoms with Gasteiger partial charge in [-0.3, -0.25) is 5.32 Å². The zero-order valence-corrected chi connectivity index (χ0v) is 10.4. The molecule has 0 saturated heterocycles. The van der Waals surface area contributed by atoms with Gasteiger partial charge >= 0.3 is 6.09 Å². The number of amides is 1. The molecule has 2 N–H and O–H groups in total. The van der Waals surface area contributed by atoms with Crippen LogP contribution in [0.1, 0.15) is 20.8 Å². The van der Waals surface area contributed by atoms with Crippen molar-refractivity contribution >= 4 is 17.5 Å². The number of hydrogen-bond acceptors (Lipinski definition) is 3. The number of carbonyl (C=O) groups excluding carboxylic acids is 1. The van der Waals surface area contributed by atoms with Crippen LogP contribution in [-0.2, 0) is 4.74 Å². The molecule has 0 spiro atoms. The molecule has 0 fully saturated rings.